The molecule has 0 aliphatic carbocycles. The lowest BCUT2D eigenvalue weighted by atomic mass is 10.0. The molecular weight excluding hydrogens is 508 g/mol. The Bertz CT molecular complexity index is 726. The fourth-order valence-corrected chi connectivity index (χ4v) is 3.82. The second kappa shape index (κ2) is 28.3. The van der Waals surface area contributed by atoms with Crippen LogP contribution in [0.15, 0.2) is 48.6 Å². The molecular formula is C33H56O7. The standard InChI is InChI=1S/C33H56O7/c1-3-5-7-9-11-12-13-14-15-17-18-20-23-30(35)31(36)24-22-26-33(38)40-28-29(34)27-39-32(37)25-21-19-16-10-8-6-4-2/h5,7,11-12,14-15,18,20,29-31,34-36H,3-4,6,8-10,13,16-17,19,21-28H2,1-2H3/b7-5-,12-11-,15-14-,20-18-/t29-,30-,31-/m0/s1. The van der Waals surface area contributed by atoms with Crippen molar-refractivity contribution in [2.24, 2.45) is 0 Å². The van der Waals surface area contributed by atoms with Gasteiger partial charge in [-0.3, -0.25) is 9.59 Å². The van der Waals surface area contributed by atoms with E-state index in [1.807, 2.05) is 12.2 Å². The summed E-state index contributed by atoms with van der Waals surface area (Å²) in [6.45, 7) is 3.85. The molecule has 0 aromatic rings. The number of hydrogen-bond donors (Lipinski definition) is 3. The van der Waals surface area contributed by atoms with E-state index in [1.165, 1.54) is 25.7 Å². The lowest BCUT2D eigenvalue weighted by Gasteiger charge is -2.16. The van der Waals surface area contributed by atoms with E-state index in [-0.39, 0.29) is 32.0 Å². The quantitative estimate of drug-likeness (QED) is 0.0611. The Morgan fingerprint density at radius 2 is 1.07 bits per heavy atom. The number of aliphatic hydroxyl groups excluding tert-OH is 3. The molecule has 3 atom stereocenters. The largest absolute Gasteiger partial charge is 0.463 e. The first kappa shape index (κ1) is 37.8. The first-order valence-electron chi connectivity index (χ1n) is 15.4. The fraction of sp³-hybridized carbons (Fsp3) is 0.697. The lowest BCUT2D eigenvalue weighted by Crippen LogP contribution is -2.26. The number of hydrogen-bond acceptors (Lipinski definition) is 7. The molecule has 0 spiro atoms. The van der Waals surface area contributed by atoms with Gasteiger partial charge in [0.05, 0.1) is 12.2 Å². The van der Waals surface area contributed by atoms with Crippen LogP contribution in [0.1, 0.15) is 117 Å². The molecule has 0 amide bonds. The second-order valence-corrected chi connectivity index (χ2v) is 10.2. The minimum absolute atomic E-state index is 0.0680. The molecule has 0 aliphatic heterocycles. The molecule has 0 aromatic heterocycles. The predicted molar refractivity (Wildman–Crippen MR) is 162 cm³/mol. The molecule has 7 nitrogen and oxygen atoms in total. The van der Waals surface area contributed by atoms with Crippen molar-refractivity contribution in [2.75, 3.05) is 13.2 Å². The summed E-state index contributed by atoms with van der Waals surface area (Å²) >= 11 is 0. The summed E-state index contributed by atoms with van der Waals surface area (Å²) in [5, 5.41) is 30.1. The summed E-state index contributed by atoms with van der Waals surface area (Å²) in [4.78, 5) is 23.7. The summed E-state index contributed by atoms with van der Waals surface area (Å²) in [6, 6.07) is 0. The zero-order chi connectivity index (χ0) is 29.7. The van der Waals surface area contributed by atoms with Crippen molar-refractivity contribution in [2.45, 2.75) is 135 Å². The normalized spacial score (nSPS) is 14.4. The number of rotatable bonds is 26. The van der Waals surface area contributed by atoms with Gasteiger partial charge in [-0.05, 0) is 51.4 Å². The van der Waals surface area contributed by atoms with Crippen LogP contribution < -0.4 is 0 Å². The Labute approximate surface area is 243 Å². The minimum Gasteiger partial charge on any atom is -0.463 e. The van der Waals surface area contributed by atoms with E-state index in [0.29, 0.717) is 19.3 Å². The summed E-state index contributed by atoms with van der Waals surface area (Å²) in [5.41, 5.74) is 0. The molecule has 0 rings (SSSR count). The van der Waals surface area contributed by atoms with Crippen LogP contribution in [0.25, 0.3) is 0 Å². The molecule has 0 unspecified atom stereocenters. The molecule has 0 fully saturated rings. The number of carbonyl (C=O) groups is 2. The zero-order valence-corrected chi connectivity index (χ0v) is 25.1. The smallest absolute Gasteiger partial charge is 0.305 e. The van der Waals surface area contributed by atoms with Gasteiger partial charge in [0.25, 0.3) is 0 Å². The van der Waals surface area contributed by atoms with Crippen LogP contribution >= 0.6 is 0 Å². The monoisotopic (exact) mass is 564 g/mol. The van der Waals surface area contributed by atoms with Crippen LogP contribution in [-0.4, -0.2) is 58.8 Å². The van der Waals surface area contributed by atoms with Crippen molar-refractivity contribution in [1.29, 1.82) is 0 Å². The highest BCUT2D eigenvalue weighted by molar-refractivity contribution is 5.69. The van der Waals surface area contributed by atoms with E-state index in [0.717, 1.165) is 44.9 Å². The third-order valence-electron chi connectivity index (χ3n) is 6.28. The highest BCUT2D eigenvalue weighted by Crippen LogP contribution is 2.11. The Balaban J connectivity index is 3.81. The summed E-state index contributed by atoms with van der Waals surface area (Å²) in [6.07, 6.45) is 26.5. The molecule has 0 aliphatic rings. The Kier molecular flexibility index (Phi) is 26.7. The highest BCUT2D eigenvalue weighted by atomic mass is 16.6. The minimum atomic E-state index is -1.07. The van der Waals surface area contributed by atoms with Crippen LogP contribution in [0.3, 0.4) is 0 Å². The van der Waals surface area contributed by atoms with Gasteiger partial charge in [0, 0.05) is 12.8 Å². The summed E-state index contributed by atoms with van der Waals surface area (Å²) in [5.74, 6) is -0.856. The molecule has 0 saturated heterocycles. The van der Waals surface area contributed by atoms with Gasteiger partial charge in [-0.15, -0.1) is 0 Å². The van der Waals surface area contributed by atoms with Crippen LogP contribution in [0.4, 0.5) is 0 Å². The van der Waals surface area contributed by atoms with Crippen molar-refractivity contribution in [3.8, 4) is 0 Å². The maximum atomic E-state index is 11.9. The lowest BCUT2D eigenvalue weighted by molar-refractivity contribution is -0.152. The average molecular weight is 565 g/mol. The van der Waals surface area contributed by atoms with Crippen LogP contribution in [-0.2, 0) is 19.1 Å². The third kappa shape index (κ3) is 26.0. The zero-order valence-electron chi connectivity index (χ0n) is 25.1. The van der Waals surface area contributed by atoms with Crippen molar-refractivity contribution in [3.63, 3.8) is 0 Å². The number of ether oxygens (including phenoxy) is 2. The van der Waals surface area contributed by atoms with E-state index in [9.17, 15) is 24.9 Å². The van der Waals surface area contributed by atoms with Crippen molar-refractivity contribution < 1.29 is 34.4 Å². The molecule has 0 saturated carbocycles. The molecule has 0 heterocycles. The average Bonchev–Trinajstić information content (AvgIpc) is 2.94. The number of aliphatic hydroxyl groups is 3. The molecule has 0 aromatic carbocycles. The van der Waals surface area contributed by atoms with E-state index in [1.54, 1.807) is 0 Å². The van der Waals surface area contributed by atoms with E-state index in [4.69, 9.17) is 9.47 Å². The molecule has 7 heteroatoms. The summed E-state index contributed by atoms with van der Waals surface area (Å²) in [7, 11) is 0. The van der Waals surface area contributed by atoms with Gasteiger partial charge in [-0.25, -0.2) is 0 Å². The van der Waals surface area contributed by atoms with Gasteiger partial charge in [0.2, 0.25) is 0 Å². The van der Waals surface area contributed by atoms with E-state index >= 15 is 0 Å². The fourth-order valence-electron chi connectivity index (χ4n) is 3.82. The third-order valence-corrected chi connectivity index (χ3v) is 6.28. The highest BCUT2D eigenvalue weighted by Gasteiger charge is 2.16. The Morgan fingerprint density at radius 3 is 1.62 bits per heavy atom. The van der Waals surface area contributed by atoms with E-state index in [2.05, 4.69) is 50.3 Å². The van der Waals surface area contributed by atoms with Gasteiger partial charge in [-0.1, -0.05) is 101 Å². The van der Waals surface area contributed by atoms with Crippen molar-refractivity contribution in [3.05, 3.63) is 48.6 Å². The first-order chi connectivity index (χ1) is 19.4. The second-order valence-electron chi connectivity index (χ2n) is 10.2. The molecule has 0 bridgehead atoms. The maximum Gasteiger partial charge on any atom is 0.305 e. The van der Waals surface area contributed by atoms with Crippen LogP contribution in [0, 0.1) is 0 Å². The topological polar surface area (TPSA) is 113 Å². The predicted octanol–water partition coefficient (Wildman–Crippen LogP) is 6.66. The van der Waals surface area contributed by atoms with Crippen molar-refractivity contribution >= 4 is 11.9 Å². The molecule has 3 N–H and O–H groups in total. The molecule has 0 radical (unpaired) electrons. The number of carbonyl (C=O) groups excluding carboxylic acids is 2. The number of allylic oxidation sites excluding steroid dienone is 7. The van der Waals surface area contributed by atoms with Gasteiger partial charge in [0.1, 0.15) is 19.3 Å². The number of unbranched alkanes of at least 4 members (excludes halogenated alkanes) is 6. The van der Waals surface area contributed by atoms with Crippen molar-refractivity contribution in [1.82, 2.24) is 0 Å². The Morgan fingerprint density at radius 1 is 0.600 bits per heavy atom. The van der Waals surface area contributed by atoms with Gasteiger partial charge in [-0.2, -0.15) is 0 Å². The van der Waals surface area contributed by atoms with E-state index < -0.39 is 24.3 Å². The van der Waals surface area contributed by atoms with Crippen LogP contribution in [0.5, 0.6) is 0 Å². The SMILES string of the molecule is CC/C=C\C/C=C\C/C=C\C/C=C\C[C@H](O)[C@@H](O)CCCC(=O)OC[C@@H](O)COC(=O)CCCCCCCCC. The molecule has 40 heavy (non-hydrogen) atoms. The summed E-state index contributed by atoms with van der Waals surface area (Å²) < 4.78 is 10.1. The first-order valence-corrected chi connectivity index (χ1v) is 15.4. The Hall–Kier alpha value is -2.22. The van der Waals surface area contributed by atoms with Gasteiger partial charge in [0.15, 0.2) is 0 Å². The van der Waals surface area contributed by atoms with Gasteiger partial charge >= 0.3 is 11.9 Å². The van der Waals surface area contributed by atoms with Crippen LogP contribution in [0.2, 0.25) is 0 Å². The van der Waals surface area contributed by atoms with Gasteiger partial charge < -0.3 is 24.8 Å². The molecule has 230 valence electrons. The maximum absolute atomic E-state index is 11.9. The number of esters is 2.